The van der Waals surface area contributed by atoms with Crippen molar-refractivity contribution in [1.29, 1.82) is 0 Å². The Labute approximate surface area is 201 Å². The van der Waals surface area contributed by atoms with Crippen LogP contribution >= 0.6 is 0 Å². The lowest BCUT2D eigenvalue weighted by molar-refractivity contribution is 0.483. The van der Waals surface area contributed by atoms with Crippen molar-refractivity contribution in [2.24, 2.45) is 19.2 Å². The van der Waals surface area contributed by atoms with Gasteiger partial charge < -0.3 is 10.1 Å². The zero-order valence-electron chi connectivity index (χ0n) is 20.1. The van der Waals surface area contributed by atoms with Gasteiger partial charge in [0.05, 0.1) is 18.3 Å². The van der Waals surface area contributed by atoms with Crippen LogP contribution in [0.2, 0.25) is 0 Å². The smallest absolute Gasteiger partial charge is 0.332 e. The first-order valence-corrected chi connectivity index (χ1v) is 11.4. The Hall–Kier alpha value is -4.34. The van der Waals surface area contributed by atoms with Crippen LogP contribution in [0.25, 0.3) is 11.2 Å². The molecule has 0 radical (unpaired) electrons. The summed E-state index contributed by atoms with van der Waals surface area (Å²) in [5.41, 5.74) is 1.79. The summed E-state index contributed by atoms with van der Waals surface area (Å²) in [6.45, 7) is 5.01. The lowest BCUT2D eigenvalue weighted by atomic mass is 10.2. The van der Waals surface area contributed by atoms with E-state index in [1.54, 1.807) is 12.1 Å². The van der Waals surface area contributed by atoms with E-state index in [-0.39, 0.29) is 11.6 Å². The zero-order valence-corrected chi connectivity index (χ0v) is 20.1. The Morgan fingerprint density at radius 3 is 2.37 bits per heavy atom. The van der Waals surface area contributed by atoms with Crippen molar-refractivity contribution >= 4 is 28.5 Å². The van der Waals surface area contributed by atoms with Crippen molar-refractivity contribution in [3.05, 3.63) is 75.4 Å². The number of fused-ring (bicyclic) bond motifs is 3. The topological polar surface area (TPSA) is 98.7 Å². The molecule has 5 rings (SSSR count). The van der Waals surface area contributed by atoms with Gasteiger partial charge in [0, 0.05) is 26.3 Å². The predicted octanol–water partition coefficient (Wildman–Crippen LogP) is 3.10. The summed E-state index contributed by atoms with van der Waals surface area (Å²) in [6, 6.07) is 17.2. The molecule has 4 aromatic rings. The van der Waals surface area contributed by atoms with Gasteiger partial charge in [-0.2, -0.15) is 10.1 Å². The molecule has 0 spiro atoms. The molecule has 0 saturated heterocycles. The number of para-hydroxylation sites is 1. The summed E-state index contributed by atoms with van der Waals surface area (Å²) >= 11 is 0. The lowest BCUT2D eigenvalue weighted by Gasteiger charge is -2.29. The van der Waals surface area contributed by atoms with E-state index in [9.17, 15) is 9.59 Å². The largest absolute Gasteiger partial charge is 0.457 e. The standard InChI is InChI=1S/C25H27N7O3/c1-16-17(2)32-21-22(29(3)25(34)30(4)23(21)33)27-24(32)31(28-16)15-14-26-18-10-12-20(13-11-18)35-19-8-6-5-7-9-19/h5-13,17,26H,14-15H2,1-4H3/t17-/m0/s1. The number of rotatable bonds is 6. The van der Waals surface area contributed by atoms with Crippen LogP contribution in [0.3, 0.4) is 0 Å². The van der Waals surface area contributed by atoms with E-state index in [0.29, 0.717) is 30.2 Å². The van der Waals surface area contributed by atoms with Gasteiger partial charge in [-0.1, -0.05) is 18.2 Å². The Morgan fingerprint density at radius 2 is 1.66 bits per heavy atom. The molecule has 1 aliphatic heterocycles. The highest BCUT2D eigenvalue weighted by Gasteiger charge is 2.30. The van der Waals surface area contributed by atoms with E-state index in [2.05, 4.69) is 10.3 Å². The molecule has 0 amide bonds. The maximum absolute atomic E-state index is 12.9. The van der Waals surface area contributed by atoms with Crippen LogP contribution in [0.5, 0.6) is 11.5 Å². The molecule has 0 unspecified atom stereocenters. The van der Waals surface area contributed by atoms with Gasteiger partial charge in [0.1, 0.15) is 11.5 Å². The van der Waals surface area contributed by atoms with Crippen LogP contribution < -0.4 is 26.3 Å². The van der Waals surface area contributed by atoms with Crippen LogP contribution in [-0.4, -0.2) is 37.5 Å². The van der Waals surface area contributed by atoms with Gasteiger partial charge >= 0.3 is 5.69 Å². The molecule has 35 heavy (non-hydrogen) atoms. The van der Waals surface area contributed by atoms with E-state index >= 15 is 0 Å². The van der Waals surface area contributed by atoms with E-state index in [1.165, 1.54) is 11.6 Å². The van der Waals surface area contributed by atoms with Gasteiger partial charge in [-0.3, -0.25) is 18.5 Å². The number of benzene rings is 2. The summed E-state index contributed by atoms with van der Waals surface area (Å²) in [6.07, 6.45) is 0. The molecule has 0 aliphatic carbocycles. The first-order valence-electron chi connectivity index (χ1n) is 11.4. The third-order valence-corrected chi connectivity index (χ3v) is 6.26. The Morgan fingerprint density at radius 1 is 0.971 bits per heavy atom. The summed E-state index contributed by atoms with van der Waals surface area (Å²) in [5, 5.41) is 9.87. The highest BCUT2D eigenvalue weighted by molar-refractivity contribution is 5.91. The molecule has 180 valence electrons. The average Bonchev–Trinajstić information content (AvgIpc) is 3.27. The van der Waals surface area contributed by atoms with Gasteiger partial charge in [0.2, 0.25) is 5.95 Å². The number of ether oxygens (including phenoxy) is 1. The summed E-state index contributed by atoms with van der Waals surface area (Å²) in [5.74, 6) is 2.09. The number of aryl methyl sites for hydroxylation is 1. The molecule has 1 aliphatic rings. The minimum absolute atomic E-state index is 0.151. The van der Waals surface area contributed by atoms with Crippen molar-refractivity contribution in [2.75, 3.05) is 23.4 Å². The van der Waals surface area contributed by atoms with Crippen LogP contribution in [0, 0.1) is 0 Å². The minimum atomic E-state index is -0.406. The highest BCUT2D eigenvalue weighted by atomic mass is 16.5. The first kappa shape index (κ1) is 22.5. The average molecular weight is 474 g/mol. The molecular formula is C25H27N7O3. The number of aromatic nitrogens is 4. The quantitative estimate of drug-likeness (QED) is 0.462. The number of anilines is 2. The van der Waals surface area contributed by atoms with Crippen molar-refractivity contribution in [3.8, 4) is 11.5 Å². The van der Waals surface area contributed by atoms with E-state index in [1.807, 2.05) is 73.0 Å². The van der Waals surface area contributed by atoms with Crippen LogP contribution in [0.4, 0.5) is 11.6 Å². The predicted molar refractivity (Wildman–Crippen MR) is 137 cm³/mol. The summed E-state index contributed by atoms with van der Waals surface area (Å²) < 4.78 is 10.2. The second-order valence-electron chi connectivity index (χ2n) is 8.57. The monoisotopic (exact) mass is 473 g/mol. The second-order valence-corrected chi connectivity index (χ2v) is 8.57. The Kier molecular flexibility index (Phi) is 5.64. The van der Waals surface area contributed by atoms with Crippen molar-refractivity contribution < 1.29 is 4.74 Å². The number of hydrazone groups is 1. The van der Waals surface area contributed by atoms with Crippen LogP contribution in [0.15, 0.2) is 69.3 Å². The van der Waals surface area contributed by atoms with Gasteiger partial charge in [0.15, 0.2) is 11.2 Å². The van der Waals surface area contributed by atoms with Crippen molar-refractivity contribution in [3.63, 3.8) is 0 Å². The molecule has 2 aromatic heterocycles. The third-order valence-electron chi connectivity index (χ3n) is 6.26. The van der Waals surface area contributed by atoms with Crippen LogP contribution in [0.1, 0.15) is 19.9 Å². The maximum atomic E-state index is 12.9. The normalized spacial score (nSPS) is 15.1. The Balaban J connectivity index is 1.34. The van der Waals surface area contributed by atoms with E-state index in [4.69, 9.17) is 9.84 Å². The molecule has 10 nitrogen and oxygen atoms in total. The fraction of sp³-hybridized carbons (Fsp3) is 0.280. The van der Waals surface area contributed by atoms with E-state index < -0.39 is 5.69 Å². The third kappa shape index (κ3) is 3.96. The van der Waals surface area contributed by atoms with Crippen molar-refractivity contribution in [2.45, 2.75) is 19.9 Å². The summed E-state index contributed by atoms with van der Waals surface area (Å²) in [7, 11) is 3.11. The first-order chi connectivity index (χ1) is 16.8. The van der Waals surface area contributed by atoms with Gasteiger partial charge in [-0.05, 0) is 50.2 Å². The minimum Gasteiger partial charge on any atom is -0.457 e. The maximum Gasteiger partial charge on any atom is 0.332 e. The Bertz CT molecular complexity index is 1530. The molecule has 0 bridgehead atoms. The lowest BCUT2D eigenvalue weighted by Crippen LogP contribution is -2.39. The number of imidazole rings is 1. The molecule has 2 aromatic carbocycles. The molecule has 1 atom stereocenters. The number of hydrogen-bond acceptors (Lipinski definition) is 7. The SMILES string of the molecule is CC1=NN(CCNc2ccc(Oc3ccccc3)cc2)c2nc3c(c(=O)n(C)c(=O)n3C)n2[C@H]1C. The van der Waals surface area contributed by atoms with Gasteiger partial charge in [0.25, 0.3) is 5.56 Å². The highest BCUT2D eigenvalue weighted by Crippen LogP contribution is 2.29. The van der Waals surface area contributed by atoms with Crippen molar-refractivity contribution in [1.82, 2.24) is 18.7 Å². The zero-order chi connectivity index (χ0) is 24.7. The molecule has 10 heteroatoms. The number of nitrogens with zero attached hydrogens (tertiary/aromatic N) is 6. The fourth-order valence-corrected chi connectivity index (χ4v) is 4.18. The molecule has 0 saturated carbocycles. The molecule has 3 heterocycles. The van der Waals surface area contributed by atoms with E-state index in [0.717, 1.165) is 27.5 Å². The van der Waals surface area contributed by atoms with Gasteiger partial charge in [-0.15, -0.1) is 0 Å². The summed E-state index contributed by atoms with van der Waals surface area (Å²) in [4.78, 5) is 30.0. The molecule has 1 N–H and O–H groups in total. The van der Waals surface area contributed by atoms with Crippen LogP contribution in [-0.2, 0) is 14.1 Å². The fourth-order valence-electron chi connectivity index (χ4n) is 4.18. The number of hydrogen-bond donors (Lipinski definition) is 1. The second kappa shape index (κ2) is 8.79. The number of nitrogens with one attached hydrogen (secondary N) is 1. The van der Waals surface area contributed by atoms with Gasteiger partial charge in [-0.25, -0.2) is 9.80 Å². The molecule has 0 fully saturated rings. The molecular weight excluding hydrogens is 446 g/mol.